The average molecular weight is 240 g/mol. The molecule has 0 aromatic carbocycles. The largest absolute Gasteiger partial charge is 0.299 e. The minimum absolute atomic E-state index is 0.221. The minimum Gasteiger partial charge on any atom is -0.299 e. The van der Waals surface area contributed by atoms with E-state index in [-0.39, 0.29) is 5.54 Å². The van der Waals surface area contributed by atoms with Crippen molar-refractivity contribution in [3.8, 4) is 6.07 Å². The van der Waals surface area contributed by atoms with E-state index in [0.29, 0.717) is 5.25 Å². The molecule has 0 aromatic heterocycles. The standard InChI is InChI=1S/C13H24N2S/c1-4-8-15-13(10-14)7-6-12(9-13)16-11(3)5-2/h11-12,15H,4-9H2,1-3H3. The molecule has 0 heterocycles. The molecule has 3 heteroatoms. The maximum Gasteiger partial charge on any atom is 0.107 e. The van der Waals surface area contributed by atoms with Crippen LogP contribution >= 0.6 is 11.8 Å². The van der Waals surface area contributed by atoms with E-state index in [1.54, 1.807) is 0 Å². The lowest BCUT2D eigenvalue weighted by atomic mass is 10.00. The second-order valence-corrected chi connectivity index (χ2v) is 6.58. The van der Waals surface area contributed by atoms with Crippen molar-refractivity contribution in [2.45, 2.75) is 68.9 Å². The van der Waals surface area contributed by atoms with Gasteiger partial charge in [0.25, 0.3) is 0 Å². The number of hydrogen-bond donors (Lipinski definition) is 1. The molecule has 0 radical (unpaired) electrons. The van der Waals surface area contributed by atoms with Crippen LogP contribution in [-0.2, 0) is 0 Å². The van der Waals surface area contributed by atoms with Crippen LogP contribution in [0, 0.1) is 11.3 Å². The van der Waals surface area contributed by atoms with Crippen LogP contribution in [0.1, 0.15) is 52.9 Å². The van der Waals surface area contributed by atoms with Crippen molar-refractivity contribution < 1.29 is 0 Å². The predicted octanol–water partition coefficient (Wildman–Crippen LogP) is 3.33. The Morgan fingerprint density at radius 2 is 2.31 bits per heavy atom. The van der Waals surface area contributed by atoms with Crippen LogP contribution < -0.4 is 5.32 Å². The monoisotopic (exact) mass is 240 g/mol. The molecule has 1 rings (SSSR count). The number of nitrogens with one attached hydrogen (secondary N) is 1. The van der Waals surface area contributed by atoms with Crippen molar-refractivity contribution >= 4 is 11.8 Å². The average Bonchev–Trinajstić information content (AvgIpc) is 2.70. The molecule has 0 bridgehead atoms. The van der Waals surface area contributed by atoms with Gasteiger partial charge in [0, 0.05) is 10.5 Å². The summed E-state index contributed by atoms with van der Waals surface area (Å²) < 4.78 is 0. The third-order valence-electron chi connectivity index (χ3n) is 3.40. The summed E-state index contributed by atoms with van der Waals surface area (Å²) in [4.78, 5) is 0. The van der Waals surface area contributed by atoms with Crippen molar-refractivity contribution in [2.75, 3.05) is 6.54 Å². The van der Waals surface area contributed by atoms with E-state index < -0.39 is 0 Å². The molecule has 1 aliphatic rings. The van der Waals surface area contributed by atoms with Crippen LogP contribution in [0.3, 0.4) is 0 Å². The third kappa shape index (κ3) is 3.68. The zero-order valence-corrected chi connectivity index (χ0v) is 11.6. The molecular weight excluding hydrogens is 216 g/mol. The number of nitrogens with zero attached hydrogens (tertiary/aromatic N) is 1. The van der Waals surface area contributed by atoms with Gasteiger partial charge in [0.05, 0.1) is 6.07 Å². The molecule has 1 saturated carbocycles. The predicted molar refractivity (Wildman–Crippen MR) is 71.6 cm³/mol. The fourth-order valence-electron chi connectivity index (χ4n) is 2.21. The van der Waals surface area contributed by atoms with Crippen molar-refractivity contribution in [3.05, 3.63) is 0 Å². The van der Waals surface area contributed by atoms with E-state index in [1.165, 1.54) is 12.8 Å². The number of thioether (sulfide) groups is 1. The first-order valence-electron chi connectivity index (χ1n) is 6.47. The van der Waals surface area contributed by atoms with Crippen molar-refractivity contribution in [2.24, 2.45) is 0 Å². The second kappa shape index (κ2) is 6.51. The Kier molecular flexibility index (Phi) is 5.64. The zero-order chi connectivity index (χ0) is 12.0. The maximum atomic E-state index is 9.33. The van der Waals surface area contributed by atoms with Crippen molar-refractivity contribution in [1.82, 2.24) is 5.32 Å². The topological polar surface area (TPSA) is 35.8 Å². The minimum atomic E-state index is -0.221. The highest BCUT2D eigenvalue weighted by molar-refractivity contribution is 8.00. The summed E-state index contributed by atoms with van der Waals surface area (Å²) in [6.45, 7) is 7.64. The Hall–Kier alpha value is -0.200. The molecule has 0 saturated heterocycles. The van der Waals surface area contributed by atoms with Gasteiger partial charge < -0.3 is 0 Å². The van der Waals surface area contributed by atoms with E-state index in [4.69, 9.17) is 0 Å². The molecule has 1 fully saturated rings. The Bertz CT molecular complexity index is 249. The Balaban J connectivity index is 2.45. The van der Waals surface area contributed by atoms with Crippen molar-refractivity contribution in [1.29, 1.82) is 5.26 Å². The lowest BCUT2D eigenvalue weighted by Gasteiger charge is -2.23. The van der Waals surface area contributed by atoms with E-state index in [1.807, 2.05) is 0 Å². The van der Waals surface area contributed by atoms with Gasteiger partial charge in [-0.2, -0.15) is 17.0 Å². The summed E-state index contributed by atoms with van der Waals surface area (Å²) in [6, 6.07) is 2.51. The first-order chi connectivity index (χ1) is 7.65. The molecular formula is C13H24N2S. The van der Waals surface area contributed by atoms with Gasteiger partial charge in [-0.15, -0.1) is 0 Å². The highest BCUT2D eigenvalue weighted by atomic mass is 32.2. The quantitative estimate of drug-likeness (QED) is 0.773. The first-order valence-corrected chi connectivity index (χ1v) is 7.41. The van der Waals surface area contributed by atoms with E-state index in [9.17, 15) is 5.26 Å². The van der Waals surface area contributed by atoms with Gasteiger partial charge in [-0.3, -0.25) is 5.32 Å². The van der Waals surface area contributed by atoms with Crippen LogP contribution in [0.2, 0.25) is 0 Å². The molecule has 3 atom stereocenters. The molecule has 3 unspecified atom stereocenters. The third-order valence-corrected chi connectivity index (χ3v) is 4.98. The summed E-state index contributed by atoms with van der Waals surface area (Å²) in [5.74, 6) is 0. The van der Waals surface area contributed by atoms with E-state index in [0.717, 1.165) is 31.1 Å². The molecule has 0 amide bonds. The molecule has 92 valence electrons. The molecule has 0 aliphatic heterocycles. The maximum absolute atomic E-state index is 9.33. The van der Waals surface area contributed by atoms with Crippen LogP contribution in [0.4, 0.5) is 0 Å². The highest BCUT2D eigenvalue weighted by Crippen LogP contribution is 2.38. The van der Waals surface area contributed by atoms with Crippen LogP contribution in [0.15, 0.2) is 0 Å². The molecule has 1 aliphatic carbocycles. The Morgan fingerprint density at radius 3 is 2.88 bits per heavy atom. The van der Waals surface area contributed by atoms with Crippen LogP contribution in [-0.4, -0.2) is 22.6 Å². The van der Waals surface area contributed by atoms with Gasteiger partial charge in [-0.05, 0) is 38.6 Å². The van der Waals surface area contributed by atoms with Crippen molar-refractivity contribution in [3.63, 3.8) is 0 Å². The summed E-state index contributed by atoms with van der Waals surface area (Å²) in [7, 11) is 0. The number of hydrogen-bond acceptors (Lipinski definition) is 3. The summed E-state index contributed by atoms with van der Waals surface area (Å²) in [5, 5.41) is 14.2. The van der Waals surface area contributed by atoms with Gasteiger partial charge in [0.1, 0.15) is 5.54 Å². The highest BCUT2D eigenvalue weighted by Gasteiger charge is 2.39. The molecule has 0 spiro atoms. The van der Waals surface area contributed by atoms with E-state index in [2.05, 4.69) is 43.9 Å². The summed E-state index contributed by atoms with van der Waals surface area (Å²) >= 11 is 2.07. The summed E-state index contributed by atoms with van der Waals surface area (Å²) in [5.41, 5.74) is -0.221. The molecule has 0 aromatic rings. The van der Waals surface area contributed by atoms with Crippen LogP contribution in [0.25, 0.3) is 0 Å². The molecule has 1 N–H and O–H groups in total. The molecule has 16 heavy (non-hydrogen) atoms. The smallest absolute Gasteiger partial charge is 0.107 e. The molecule has 2 nitrogen and oxygen atoms in total. The fraction of sp³-hybridized carbons (Fsp3) is 0.923. The Morgan fingerprint density at radius 1 is 1.56 bits per heavy atom. The van der Waals surface area contributed by atoms with Gasteiger partial charge >= 0.3 is 0 Å². The van der Waals surface area contributed by atoms with Gasteiger partial charge in [-0.25, -0.2) is 0 Å². The lowest BCUT2D eigenvalue weighted by molar-refractivity contribution is 0.424. The summed E-state index contributed by atoms with van der Waals surface area (Å²) in [6.07, 6.45) is 5.57. The second-order valence-electron chi connectivity index (χ2n) is 4.84. The fourth-order valence-corrected chi connectivity index (χ4v) is 3.69. The SMILES string of the molecule is CCCNC1(C#N)CCC(SC(C)CC)C1. The van der Waals surface area contributed by atoms with Crippen LogP contribution in [0.5, 0.6) is 0 Å². The van der Waals surface area contributed by atoms with Gasteiger partial charge in [-0.1, -0.05) is 20.8 Å². The van der Waals surface area contributed by atoms with Gasteiger partial charge in [0.2, 0.25) is 0 Å². The van der Waals surface area contributed by atoms with E-state index >= 15 is 0 Å². The van der Waals surface area contributed by atoms with Gasteiger partial charge in [0.15, 0.2) is 0 Å². The Labute approximate surface area is 104 Å². The first kappa shape index (κ1) is 13.9. The lowest BCUT2D eigenvalue weighted by Crippen LogP contribution is -2.42. The number of rotatable bonds is 6. The number of nitriles is 1. The zero-order valence-electron chi connectivity index (χ0n) is 10.8. The normalized spacial score (nSPS) is 31.2.